The first-order chi connectivity index (χ1) is 10.1. The zero-order valence-electron chi connectivity index (χ0n) is 12.3. The molecule has 2 aromatic carbocycles. The summed E-state index contributed by atoms with van der Waals surface area (Å²) < 4.78 is 5.08. The van der Waals surface area contributed by atoms with E-state index >= 15 is 0 Å². The Morgan fingerprint density at radius 1 is 1.24 bits per heavy atom. The highest BCUT2D eigenvalue weighted by Crippen LogP contribution is 2.25. The summed E-state index contributed by atoms with van der Waals surface area (Å²) in [7, 11) is 0. The van der Waals surface area contributed by atoms with Crippen molar-refractivity contribution in [3.8, 4) is 0 Å². The second-order valence-corrected chi connectivity index (χ2v) is 4.80. The van der Waals surface area contributed by atoms with Crippen molar-refractivity contribution in [2.45, 2.75) is 19.9 Å². The van der Waals surface area contributed by atoms with Crippen molar-refractivity contribution in [3.05, 3.63) is 59.7 Å². The number of nitrogen functional groups attached to an aromatic ring is 1. The first-order valence-electron chi connectivity index (χ1n) is 7.00. The standard InChI is InChI=1S/C17H20N2O2/c1-3-21-17(20)15-11-14(18)9-10-16(15)19-12(2)13-7-5-4-6-8-13/h4-12,19H,3,18H2,1-2H3/t12-/m0/s1. The van der Waals surface area contributed by atoms with Gasteiger partial charge in [-0.3, -0.25) is 0 Å². The van der Waals surface area contributed by atoms with E-state index in [-0.39, 0.29) is 12.0 Å². The number of carbonyl (C=O) groups excluding carboxylic acids is 1. The van der Waals surface area contributed by atoms with Crippen molar-refractivity contribution < 1.29 is 9.53 Å². The Morgan fingerprint density at radius 2 is 1.95 bits per heavy atom. The molecule has 0 saturated heterocycles. The molecule has 0 saturated carbocycles. The molecule has 3 N–H and O–H groups in total. The average molecular weight is 284 g/mol. The number of anilines is 2. The zero-order valence-corrected chi connectivity index (χ0v) is 12.3. The average Bonchev–Trinajstić information content (AvgIpc) is 2.50. The van der Waals surface area contributed by atoms with Crippen molar-refractivity contribution >= 4 is 17.3 Å². The van der Waals surface area contributed by atoms with Crippen molar-refractivity contribution in [2.75, 3.05) is 17.7 Å². The van der Waals surface area contributed by atoms with E-state index in [1.807, 2.05) is 37.3 Å². The summed E-state index contributed by atoms with van der Waals surface area (Å²) in [6.07, 6.45) is 0. The number of nitrogens with one attached hydrogen (secondary N) is 1. The molecule has 4 nitrogen and oxygen atoms in total. The molecular weight excluding hydrogens is 264 g/mol. The smallest absolute Gasteiger partial charge is 0.340 e. The topological polar surface area (TPSA) is 64.3 Å². The van der Waals surface area contributed by atoms with Crippen LogP contribution in [0.2, 0.25) is 0 Å². The Morgan fingerprint density at radius 3 is 2.62 bits per heavy atom. The van der Waals surface area contributed by atoms with Crippen LogP contribution in [0.1, 0.15) is 35.8 Å². The number of ether oxygens (including phenoxy) is 1. The van der Waals surface area contributed by atoms with E-state index in [1.165, 1.54) is 0 Å². The van der Waals surface area contributed by atoms with Crippen LogP contribution < -0.4 is 11.1 Å². The van der Waals surface area contributed by atoms with E-state index in [1.54, 1.807) is 25.1 Å². The van der Waals surface area contributed by atoms with Crippen LogP contribution in [0.4, 0.5) is 11.4 Å². The fourth-order valence-corrected chi connectivity index (χ4v) is 2.12. The van der Waals surface area contributed by atoms with Crippen LogP contribution >= 0.6 is 0 Å². The third-order valence-electron chi connectivity index (χ3n) is 3.21. The molecular formula is C17H20N2O2. The Bertz CT molecular complexity index is 611. The quantitative estimate of drug-likeness (QED) is 0.650. The molecule has 21 heavy (non-hydrogen) atoms. The summed E-state index contributed by atoms with van der Waals surface area (Å²) in [5.74, 6) is -0.368. The number of nitrogens with two attached hydrogens (primary N) is 1. The molecule has 4 heteroatoms. The van der Waals surface area contributed by atoms with E-state index in [4.69, 9.17) is 10.5 Å². The zero-order chi connectivity index (χ0) is 15.2. The van der Waals surface area contributed by atoms with Gasteiger partial charge in [0.25, 0.3) is 0 Å². The monoisotopic (exact) mass is 284 g/mol. The summed E-state index contributed by atoms with van der Waals surface area (Å²) >= 11 is 0. The molecule has 0 heterocycles. The number of hydrogen-bond acceptors (Lipinski definition) is 4. The molecule has 1 atom stereocenters. The minimum Gasteiger partial charge on any atom is -0.462 e. The number of rotatable bonds is 5. The van der Waals surface area contributed by atoms with E-state index in [0.29, 0.717) is 17.9 Å². The summed E-state index contributed by atoms with van der Waals surface area (Å²) in [5, 5.41) is 3.34. The fraction of sp³-hybridized carbons (Fsp3) is 0.235. The summed E-state index contributed by atoms with van der Waals surface area (Å²) in [5.41, 5.74) is 8.63. The second-order valence-electron chi connectivity index (χ2n) is 4.80. The highest BCUT2D eigenvalue weighted by molar-refractivity contribution is 5.96. The Kier molecular flexibility index (Phi) is 4.82. The number of carbonyl (C=O) groups is 1. The van der Waals surface area contributed by atoms with Gasteiger partial charge in [-0.25, -0.2) is 4.79 Å². The normalized spacial score (nSPS) is 11.7. The second kappa shape index (κ2) is 6.79. The molecule has 0 fully saturated rings. The first-order valence-corrected chi connectivity index (χ1v) is 7.00. The Hall–Kier alpha value is -2.49. The lowest BCUT2D eigenvalue weighted by Gasteiger charge is -2.18. The molecule has 0 aliphatic carbocycles. The molecule has 2 rings (SSSR count). The molecule has 0 unspecified atom stereocenters. The number of benzene rings is 2. The van der Waals surface area contributed by atoms with E-state index in [9.17, 15) is 4.79 Å². The predicted molar refractivity (Wildman–Crippen MR) is 85.3 cm³/mol. The van der Waals surface area contributed by atoms with Crippen molar-refractivity contribution in [3.63, 3.8) is 0 Å². The number of esters is 1. The van der Waals surface area contributed by atoms with Crippen molar-refractivity contribution in [1.29, 1.82) is 0 Å². The lowest BCUT2D eigenvalue weighted by molar-refractivity contribution is 0.0527. The van der Waals surface area contributed by atoms with Gasteiger partial charge in [0.2, 0.25) is 0 Å². The molecule has 0 aromatic heterocycles. The van der Waals surface area contributed by atoms with Crippen LogP contribution in [-0.2, 0) is 4.74 Å². The SMILES string of the molecule is CCOC(=O)c1cc(N)ccc1N[C@@H](C)c1ccccc1. The third-order valence-corrected chi connectivity index (χ3v) is 3.21. The highest BCUT2D eigenvalue weighted by Gasteiger charge is 2.15. The summed E-state index contributed by atoms with van der Waals surface area (Å²) in [6.45, 7) is 4.16. The third kappa shape index (κ3) is 3.75. The van der Waals surface area contributed by atoms with Crippen LogP contribution in [0.3, 0.4) is 0 Å². The maximum atomic E-state index is 12.0. The predicted octanol–water partition coefficient (Wildman–Crippen LogP) is 3.62. The summed E-state index contributed by atoms with van der Waals surface area (Å²) in [6, 6.07) is 15.3. The Labute approximate surface area is 124 Å². The van der Waals surface area contributed by atoms with E-state index in [0.717, 1.165) is 11.3 Å². The molecule has 0 aliphatic rings. The van der Waals surface area contributed by atoms with Crippen molar-refractivity contribution in [1.82, 2.24) is 0 Å². The molecule has 0 bridgehead atoms. The van der Waals surface area contributed by atoms with Gasteiger partial charge in [0.15, 0.2) is 0 Å². The largest absolute Gasteiger partial charge is 0.462 e. The summed E-state index contributed by atoms with van der Waals surface area (Å²) in [4.78, 5) is 12.0. The van der Waals surface area contributed by atoms with Crippen LogP contribution in [0, 0.1) is 0 Å². The van der Waals surface area contributed by atoms with Crippen LogP contribution in [0.5, 0.6) is 0 Å². The maximum Gasteiger partial charge on any atom is 0.340 e. The van der Waals surface area contributed by atoms with Gasteiger partial charge < -0.3 is 15.8 Å². The molecule has 2 aromatic rings. The minimum atomic E-state index is -0.368. The molecule has 110 valence electrons. The van der Waals surface area contributed by atoms with E-state index in [2.05, 4.69) is 5.32 Å². The van der Waals surface area contributed by atoms with Crippen LogP contribution in [0.15, 0.2) is 48.5 Å². The van der Waals surface area contributed by atoms with Gasteiger partial charge in [0.05, 0.1) is 12.2 Å². The van der Waals surface area contributed by atoms with Gasteiger partial charge in [-0.1, -0.05) is 30.3 Å². The van der Waals surface area contributed by atoms with Crippen molar-refractivity contribution in [2.24, 2.45) is 0 Å². The number of hydrogen-bond donors (Lipinski definition) is 2. The van der Waals surface area contributed by atoms with Gasteiger partial charge in [-0.2, -0.15) is 0 Å². The van der Waals surface area contributed by atoms with Gasteiger partial charge in [0, 0.05) is 17.4 Å². The molecule has 0 amide bonds. The lowest BCUT2D eigenvalue weighted by Crippen LogP contribution is -2.13. The van der Waals surface area contributed by atoms with Gasteiger partial charge >= 0.3 is 5.97 Å². The molecule has 0 radical (unpaired) electrons. The first kappa shape index (κ1) is 14.9. The van der Waals surface area contributed by atoms with Gasteiger partial charge in [0.1, 0.15) is 0 Å². The van der Waals surface area contributed by atoms with E-state index < -0.39 is 0 Å². The lowest BCUT2D eigenvalue weighted by atomic mass is 10.1. The maximum absolute atomic E-state index is 12.0. The molecule has 0 spiro atoms. The minimum absolute atomic E-state index is 0.0722. The fourth-order valence-electron chi connectivity index (χ4n) is 2.12. The Balaban J connectivity index is 2.25. The van der Waals surface area contributed by atoms with Gasteiger partial charge in [-0.05, 0) is 37.6 Å². The van der Waals surface area contributed by atoms with Crippen LogP contribution in [0.25, 0.3) is 0 Å². The van der Waals surface area contributed by atoms with Crippen LogP contribution in [-0.4, -0.2) is 12.6 Å². The molecule has 0 aliphatic heterocycles. The van der Waals surface area contributed by atoms with Gasteiger partial charge in [-0.15, -0.1) is 0 Å². The highest BCUT2D eigenvalue weighted by atomic mass is 16.5.